The van der Waals surface area contributed by atoms with Gasteiger partial charge in [-0.05, 0) is 80.6 Å². The van der Waals surface area contributed by atoms with Crippen molar-refractivity contribution in [3.8, 4) is 16.9 Å². The number of aryl methyl sites for hydroxylation is 1. The number of likely N-dealkylation sites (tertiary alicyclic amines) is 2. The maximum Gasteiger partial charge on any atom is 0.422 e. The van der Waals surface area contributed by atoms with Crippen LogP contribution in [0.5, 0.6) is 5.75 Å². The van der Waals surface area contributed by atoms with E-state index in [1.807, 2.05) is 50.8 Å². The normalized spacial score (nSPS) is 18.3. The third-order valence-electron chi connectivity index (χ3n) is 11.5. The lowest BCUT2D eigenvalue weighted by Crippen LogP contribution is -2.61. The molecule has 3 saturated heterocycles. The third-order valence-corrected chi connectivity index (χ3v) is 11.5. The van der Waals surface area contributed by atoms with Gasteiger partial charge >= 0.3 is 6.18 Å². The summed E-state index contributed by atoms with van der Waals surface area (Å²) < 4.78 is 48.0. The Morgan fingerprint density at radius 2 is 1.72 bits per heavy atom. The molecule has 1 amide bonds. The number of Topliss-reactive ketones (excluding diaryl/α,β-unsaturated/α-hetero) is 1. The molecule has 1 N–H and O–H groups in total. The summed E-state index contributed by atoms with van der Waals surface area (Å²) in [5.41, 5.74) is 3.22. The van der Waals surface area contributed by atoms with E-state index in [9.17, 15) is 22.8 Å². The number of rotatable bonds is 9. The number of carbonyl (C=O) groups excluding carboxylic acids is 2. The second kappa shape index (κ2) is 14.1. The van der Waals surface area contributed by atoms with Crippen LogP contribution in [0.4, 0.5) is 19.0 Å². The Morgan fingerprint density at radius 3 is 2.35 bits per heavy atom. The SMILES string of the molecule is C=CC(=O)N1CC2(CCN(c3nc(C4CCN(CC(=O)C(C)(C)C)CC4)nc4c(OCC(F)(F)F)c(-c5c(C)ccc6[nH]ncc56)c(C=C)cc34)CC2)C1. The summed E-state index contributed by atoms with van der Waals surface area (Å²) in [5.74, 6) is 1.27. The maximum absolute atomic E-state index is 14.0. The van der Waals surface area contributed by atoms with Gasteiger partial charge in [0, 0.05) is 59.3 Å². The number of hydrogen-bond acceptors (Lipinski definition) is 8. The first kappa shape index (κ1) is 37.5. The van der Waals surface area contributed by atoms with Crippen LogP contribution in [-0.2, 0) is 9.59 Å². The van der Waals surface area contributed by atoms with E-state index < -0.39 is 18.2 Å². The molecule has 0 unspecified atom stereocenters. The van der Waals surface area contributed by atoms with Gasteiger partial charge in [-0.15, -0.1) is 0 Å². The molecular weight excluding hydrogens is 695 g/mol. The van der Waals surface area contributed by atoms with Crippen LogP contribution in [0.15, 0.2) is 43.6 Å². The Kier molecular flexibility index (Phi) is 9.82. The van der Waals surface area contributed by atoms with E-state index in [1.54, 1.807) is 12.3 Å². The molecule has 3 aliphatic heterocycles. The molecule has 54 heavy (non-hydrogen) atoms. The molecule has 4 aromatic rings. The van der Waals surface area contributed by atoms with Gasteiger partial charge in [0.15, 0.2) is 18.1 Å². The van der Waals surface area contributed by atoms with Crippen LogP contribution in [0.1, 0.15) is 69.3 Å². The van der Waals surface area contributed by atoms with Gasteiger partial charge in [0.1, 0.15) is 17.2 Å². The standard InChI is InChI=1S/C41H48F3N7O3/c1-7-26-19-28-35(36(54-24-41(42,43)44)34(26)33-25(3)9-10-30-29(33)20-45-48-30)46-37(27-11-15-49(16-12-27)21-31(52)39(4,5)6)47-38(28)50-17-13-40(14-18-50)22-51(23-40)32(53)8-2/h7-10,19-20,27H,1-2,11-18,21-24H2,3-6H3,(H,45,48). The van der Waals surface area contributed by atoms with E-state index in [4.69, 9.17) is 14.7 Å². The molecule has 2 aromatic carbocycles. The monoisotopic (exact) mass is 743 g/mol. The van der Waals surface area contributed by atoms with Crippen LogP contribution in [0.25, 0.3) is 39.0 Å². The summed E-state index contributed by atoms with van der Waals surface area (Å²) in [6.45, 7) is 18.3. The number of ether oxygens (including phenoxy) is 1. The number of aromatic nitrogens is 4. The average molecular weight is 744 g/mol. The van der Waals surface area contributed by atoms with Gasteiger partial charge < -0.3 is 14.5 Å². The number of H-pyrrole nitrogens is 1. The van der Waals surface area contributed by atoms with Crippen LogP contribution < -0.4 is 9.64 Å². The topological polar surface area (TPSA) is 108 Å². The highest BCUT2D eigenvalue weighted by molar-refractivity contribution is 6.07. The molecular formula is C41H48F3N7O3. The number of aromatic amines is 1. The predicted octanol–water partition coefficient (Wildman–Crippen LogP) is 7.48. The third kappa shape index (κ3) is 7.22. The summed E-state index contributed by atoms with van der Waals surface area (Å²) in [4.78, 5) is 41.6. The van der Waals surface area contributed by atoms with Crippen molar-refractivity contribution in [2.24, 2.45) is 10.8 Å². The van der Waals surface area contributed by atoms with E-state index in [-0.39, 0.29) is 28.8 Å². The van der Waals surface area contributed by atoms with Gasteiger partial charge in [0.05, 0.1) is 18.3 Å². The highest BCUT2D eigenvalue weighted by Crippen LogP contribution is 2.48. The molecule has 3 fully saturated rings. The molecule has 7 rings (SSSR count). The van der Waals surface area contributed by atoms with Crippen molar-refractivity contribution in [2.45, 2.75) is 65.5 Å². The number of anilines is 1. The Balaban J connectivity index is 1.35. The lowest BCUT2D eigenvalue weighted by atomic mass is 9.72. The second-order valence-corrected chi connectivity index (χ2v) is 16.3. The van der Waals surface area contributed by atoms with Crippen LogP contribution in [0, 0.1) is 17.8 Å². The Labute approximate surface area is 313 Å². The van der Waals surface area contributed by atoms with Crippen molar-refractivity contribution in [1.29, 1.82) is 0 Å². The fraction of sp³-hybridized carbons (Fsp3) is 0.488. The fourth-order valence-corrected chi connectivity index (χ4v) is 8.20. The predicted molar refractivity (Wildman–Crippen MR) is 205 cm³/mol. The number of fused-ring (bicyclic) bond motifs is 2. The second-order valence-electron chi connectivity index (χ2n) is 16.3. The number of hydrogen-bond donors (Lipinski definition) is 1. The van der Waals surface area contributed by atoms with Gasteiger partial charge in [-0.3, -0.25) is 19.6 Å². The first-order valence-corrected chi connectivity index (χ1v) is 18.7. The average Bonchev–Trinajstić information content (AvgIpc) is 3.60. The quantitative estimate of drug-likeness (QED) is 0.176. The molecule has 2 aromatic heterocycles. The largest absolute Gasteiger partial charge is 0.481 e. The van der Waals surface area contributed by atoms with E-state index in [2.05, 4.69) is 33.2 Å². The highest BCUT2D eigenvalue weighted by Gasteiger charge is 2.46. The van der Waals surface area contributed by atoms with Crippen LogP contribution in [0.2, 0.25) is 0 Å². The van der Waals surface area contributed by atoms with Crippen LogP contribution in [-0.4, -0.2) is 100 Å². The molecule has 0 radical (unpaired) electrons. The molecule has 10 nitrogen and oxygen atoms in total. The zero-order valence-electron chi connectivity index (χ0n) is 31.5. The van der Waals surface area contributed by atoms with Crippen molar-refractivity contribution in [1.82, 2.24) is 30.0 Å². The number of nitrogens with zero attached hydrogens (tertiary/aromatic N) is 6. The molecule has 1 spiro atoms. The molecule has 3 aliphatic rings. The summed E-state index contributed by atoms with van der Waals surface area (Å²) in [5, 5.41) is 8.55. The zero-order chi connectivity index (χ0) is 38.6. The lowest BCUT2D eigenvalue weighted by molar-refractivity contribution is -0.153. The maximum atomic E-state index is 14.0. The van der Waals surface area contributed by atoms with Crippen LogP contribution in [0.3, 0.4) is 0 Å². The zero-order valence-corrected chi connectivity index (χ0v) is 31.5. The number of alkyl halides is 3. The number of carbonyl (C=O) groups is 2. The Bertz CT molecular complexity index is 2110. The molecule has 0 bridgehead atoms. The first-order chi connectivity index (χ1) is 25.6. The van der Waals surface area contributed by atoms with E-state index in [1.165, 1.54) is 6.08 Å². The van der Waals surface area contributed by atoms with Crippen molar-refractivity contribution >= 4 is 45.4 Å². The van der Waals surface area contributed by atoms with Gasteiger partial charge in [-0.25, -0.2) is 9.97 Å². The van der Waals surface area contributed by atoms with Gasteiger partial charge in [0.2, 0.25) is 5.91 Å². The summed E-state index contributed by atoms with van der Waals surface area (Å²) in [6.07, 6.45) is 3.12. The highest BCUT2D eigenvalue weighted by atomic mass is 19.4. The van der Waals surface area contributed by atoms with E-state index in [0.717, 1.165) is 29.3 Å². The van der Waals surface area contributed by atoms with Crippen molar-refractivity contribution < 1.29 is 27.5 Å². The van der Waals surface area contributed by atoms with Gasteiger partial charge in [0.25, 0.3) is 0 Å². The number of ketones is 1. The Hall–Kier alpha value is -4.78. The van der Waals surface area contributed by atoms with Crippen molar-refractivity contribution in [3.63, 3.8) is 0 Å². The number of nitrogens with one attached hydrogen (secondary N) is 1. The van der Waals surface area contributed by atoms with Crippen LogP contribution >= 0.6 is 0 Å². The minimum absolute atomic E-state index is 0.0133. The van der Waals surface area contributed by atoms with Gasteiger partial charge in [-0.2, -0.15) is 18.3 Å². The number of benzene rings is 2. The van der Waals surface area contributed by atoms with E-state index in [0.29, 0.717) is 97.9 Å². The minimum atomic E-state index is -4.61. The van der Waals surface area contributed by atoms with Gasteiger partial charge in [-0.1, -0.05) is 46.1 Å². The summed E-state index contributed by atoms with van der Waals surface area (Å²) >= 11 is 0. The summed E-state index contributed by atoms with van der Waals surface area (Å²) in [7, 11) is 0. The van der Waals surface area contributed by atoms with E-state index >= 15 is 0 Å². The molecule has 286 valence electrons. The summed E-state index contributed by atoms with van der Waals surface area (Å²) in [6, 6.07) is 5.72. The number of piperidine rings is 2. The van der Waals surface area contributed by atoms with Crippen molar-refractivity contribution in [2.75, 3.05) is 57.3 Å². The fourth-order valence-electron chi connectivity index (χ4n) is 8.20. The smallest absolute Gasteiger partial charge is 0.422 e. The first-order valence-electron chi connectivity index (χ1n) is 18.7. The lowest BCUT2D eigenvalue weighted by Gasteiger charge is -2.54. The van der Waals surface area contributed by atoms with Crippen molar-refractivity contribution in [3.05, 3.63) is 60.6 Å². The molecule has 0 saturated carbocycles. The number of amides is 1. The molecule has 0 aliphatic carbocycles. The molecule has 13 heteroatoms. The Morgan fingerprint density at radius 1 is 1.02 bits per heavy atom. The minimum Gasteiger partial charge on any atom is -0.481 e. The molecule has 5 heterocycles. The molecule has 0 atom stereocenters. The number of halogens is 3.